The third-order valence-corrected chi connectivity index (χ3v) is 7.58. The summed E-state index contributed by atoms with van der Waals surface area (Å²) in [6.45, 7) is 3.64. The third kappa shape index (κ3) is 4.86. The van der Waals surface area contributed by atoms with Crippen LogP contribution in [0.1, 0.15) is 70.3 Å². The molecule has 1 aromatic carbocycles. The van der Waals surface area contributed by atoms with Crippen molar-refractivity contribution in [3.05, 3.63) is 46.3 Å². The number of Topliss-reactive ketones (excluding diaryl/α,β-unsaturated/α-hetero) is 1. The van der Waals surface area contributed by atoms with E-state index in [9.17, 15) is 19.5 Å². The van der Waals surface area contributed by atoms with Crippen LogP contribution in [-0.2, 0) is 23.9 Å². The number of esters is 2. The van der Waals surface area contributed by atoms with Gasteiger partial charge in [-0.3, -0.25) is 9.59 Å². The number of carbonyl (C=O) groups excluding carboxylic acids is 3. The van der Waals surface area contributed by atoms with Crippen LogP contribution in [0.3, 0.4) is 0 Å². The van der Waals surface area contributed by atoms with Gasteiger partial charge in [0.05, 0.1) is 19.8 Å². The number of carbonyl (C=O) groups is 3. The molecule has 2 aliphatic carbocycles. The van der Waals surface area contributed by atoms with Crippen LogP contribution in [0.5, 0.6) is 11.5 Å². The maximum atomic E-state index is 13.8. The van der Waals surface area contributed by atoms with Crippen LogP contribution in [0.15, 0.2) is 40.7 Å². The molecule has 1 heterocycles. The van der Waals surface area contributed by atoms with Crippen LogP contribution in [0, 0.1) is 11.8 Å². The highest BCUT2D eigenvalue weighted by molar-refractivity contribution is 6.12. The van der Waals surface area contributed by atoms with Crippen molar-refractivity contribution in [1.29, 1.82) is 0 Å². The normalized spacial score (nSPS) is 25.0. The Labute approximate surface area is 211 Å². The largest absolute Gasteiger partial charge is 0.504 e. The summed E-state index contributed by atoms with van der Waals surface area (Å²) in [5.74, 6) is -3.33. The Morgan fingerprint density at radius 2 is 1.78 bits per heavy atom. The van der Waals surface area contributed by atoms with E-state index in [2.05, 4.69) is 5.32 Å². The molecule has 1 fully saturated rings. The van der Waals surface area contributed by atoms with Crippen LogP contribution < -0.4 is 10.1 Å². The molecular weight excluding hydrogens is 462 g/mol. The molecule has 0 aromatic heterocycles. The summed E-state index contributed by atoms with van der Waals surface area (Å²) in [7, 11) is 2.72. The molecule has 3 aliphatic rings. The van der Waals surface area contributed by atoms with Gasteiger partial charge in [-0.1, -0.05) is 25.8 Å². The molecule has 4 rings (SSSR count). The number of rotatable bonds is 5. The van der Waals surface area contributed by atoms with E-state index in [1.807, 2.05) is 6.92 Å². The van der Waals surface area contributed by atoms with Crippen LogP contribution in [0.2, 0.25) is 0 Å². The van der Waals surface area contributed by atoms with E-state index < -0.39 is 23.8 Å². The van der Waals surface area contributed by atoms with E-state index in [1.54, 1.807) is 19.1 Å². The molecule has 0 unspecified atom stereocenters. The average Bonchev–Trinajstić information content (AvgIpc) is 3.11. The first-order valence-electron chi connectivity index (χ1n) is 12.7. The van der Waals surface area contributed by atoms with Crippen LogP contribution in [0.4, 0.5) is 0 Å². The van der Waals surface area contributed by atoms with Crippen molar-refractivity contribution in [2.45, 2.75) is 70.8 Å². The van der Waals surface area contributed by atoms with Crippen molar-refractivity contribution in [1.82, 2.24) is 5.32 Å². The lowest BCUT2D eigenvalue weighted by Gasteiger charge is -2.38. The van der Waals surface area contributed by atoms with Crippen molar-refractivity contribution in [2.75, 3.05) is 14.2 Å². The van der Waals surface area contributed by atoms with Crippen molar-refractivity contribution in [3.63, 3.8) is 0 Å². The molecule has 0 spiro atoms. The van der Waals surface area contributed by atoms with Gasteiger partial charge in [0, 0.05) is 22.9 Å². The van der Waals surface area contributed by atoms with Crippen LogP contribution >= 0.6 is 0 Å². The van der Waals surface area contributed by atoms with Gasteiger partial charge in [0.2, 0.25) is 0 Å². The summed E-state index contributed by atoms with van der Waals surface area (Å²) >= 11 is 0. The smallest absolute Gasteiger partial charge is 0.337 e. The first-order valence-corrected chi connectivity index (χ1v) is 12.7. The highest BCUT2D eigenvalue weighted by Crippen LogP contribution is 2.47. The molecule has 8 nitrogen and oxygen atoms in total. The Morgan fingerprint density at radius 3 is 2.39 bits per heavy atom. The number of allylic oxidation sites excluding steroid dienone is 3. The Kier molecular flexibility index (Phi) is 7.71. The number of ketones is 1. The predicted octanol–water partition coefficient (Wildman–Crippen LogP) is 4.28. The Morgan fingerprint density at radius 1 is 1.08 bits per heavy atom. The fraction of sp³-hybridized carbons (Fsp3) is 0.536. The summed E-state index contributed by atoms with van der Waals surface area (Å²) in [5, 5.41) is 13.8. The van der Waals surface area contributed by atoms with Gasteiger partial charge < -0.3 is 24.6 Å². The van der Waals surface area contributed by atoms with Crippen molar-refractivity contribution < 1.29 is 33.7 Å². The molecule has 0 radical (unpaired) electrons. The SMILES string of the molecule is COC(=O)[C@@H]1C(=O)C2=C(C[C@@H]1C)NC(C)=C(C(=O)OC1CCCCCC1)[C@@H]2c1ccc(OC)c(O)c1. The molecule has 36 heavy (non-hydrogen) atoms. The number of hydrogen-bond acceptors (Lipinski definition) is 8. The van der Waals surface area contributed by atoms with E-state index in [1.165, 1.54) is 20.3 Å². The van der Waals surface area contributed by atoms with Gasteiger partial charge in [-0.2, -0.15) is 0 Å². The van der Waals surface area contributed by atoms with E-state index in [4.69, 9.17) is 14.2 Å². The minimum atomic E-state index is -0.970. The number of benzene rings is 1. The van der Waals surface area contributed by atoms with Gasteiger partial charge in [-0.05, 0) is 62.6 Å². The molecule has 2 N–H and O–H groups in total. The summed E-state index contributed by atoms with van der Waals surface area (Å²) in [6, 6.07) is 4.83. The number of phenols is 1. The summed E-state index contributed by atoms with van der Waals surface area (Å²) in [6.07, 6.45) is 6.17. The van der Waals surface area contributed by atoms with Crippen molar-refractivity contribution >= 4 is 17.7 Å². The minimum Gasteiger partial charge on any atom is -0.504 e. The first-order chi connectivity index (χ1) is 17.3. The predicted molar refractivity (Wildman–Crippen MR) is 132 cm³/mol. The highest BCUT2D eigenvalue weighted by Gasteiger charge is 2.47. The summed E-state index contributed by atoms with van der Waals surface area (Å²) in [5.41, 5.74) is 2.47. The zero-order valence-electron chi connectivity index (χ0n) is 21.4. The standard InChI is InChI=1S/C28H35NO7/c1-15-13-19-25(26(31)22(15)27(32)35-4)24(17-11-12-21(34-3)20(30)14-17)23(16(2)29-19)28(33)36-18-9-7-5-6-8-10-18/h11-12,14-15,18,22,24,29-30H,5-10,13H2,1-4H3/t15-,22-,24-/m0/s1. The van der Waals surface area contributed by atoms with Gasteiger partial charge in [-0.15, -0.1) is 0 Å². The summed E-state index contributed by atoms with van der Waals surface area (Å²) < 4.78 is 16.1. The average molecular weight is 498 g/mol. The number of ether oxygens (including phenoxy) is 3. The molecule has 8 heteroatoms. The molecule has 0 saturated heterocycles. The molecule has 3 atom stereocenters. The lowest BCUT2D eigenvalue weighted by atomic mass is 9.69. The minimum absolute atomic E-state index is 0.106. The lowest BCUT2D eigenvalue weighted by molar-refractivity contribution is -0.151. The number of aromatic hydroxyl groups is 1. The Hall–Kier alpha value is -3.29. The van der Waals surface area contributed by atoms with Gasteiger partial charge in [0.1, 0.15) is 12.0 Å². The van der Waals surface area contributed by atoms with E-state index >= 15 is 0 Å². The molecule has 0 amide bonds. The molecular formula is C28H35NO7. The molecule has 0 bridgehead atoms. The summed E-state index contributed by atoms with van der Waals surface area (Å²) in [4.78, 5) is 40.0. The fourth-order valence-corrected chi connectivity index (χ4v) is 5.75. The lowest BCUT2D eigenvalue weighted by Crippen LogP contribution is -2.43. The second-order valence-electron chi connectivity index (χ2n) is 9.99. The second kappa shape index (κ2) is 10.8. The quantitative estimate of drug-likeness (QED) is 0.352. The number of methoxy groups -OCH3 is 2. The van der Waals surface area contributed by atoms with Gasteiger partial charge in [0.15, 0.2) is 17.3 Å². The van der Waals surface area contributed by atoms with E-state index in [-0.39, 0.29) is 29.3 Å². The maximum absolute atomic E-state index is 13.8. The zero-order valence-corrected chi connectivity index (χ0v) is 21.4. The first kappa shape index (κ1) is 25.8. The van der Waals surface area contributed by atoms with Crippen molar-refractivity contribution in [3.8, 4) is 11.5 Å². The Balaban J connectivity index is 1.79. The molecule has 1 aliphatic heterocycles. The molecule has 1 saturated carbocycles. The molecule has 194 valence electrons. The number of phenolic OH excluding ortho intramolecular Hbond substituents is 1. The topological polar surface area (TPSA) is 111 Å². The van der Waals surface area contributed by atoms with Crippen molar-refractivity contribution in [2.24, 2.45) is 11.8 Å². The monoisotopic (exact) mass is 497 g/mol. The molecule has 1 aromatic rings. The van der Waals surface area contributed by atoms with Crippen LogP contribution in [-0.4, -0.2) is 43.2 Å². The number of nitrogens with one attached hydrogen (secondary N) is 1. The van der Waals surface area contributed by atoms with Gasteiger partial charge in [-0.25, -0.2) is 4.79 Å². The number of dihydropyridines is 1. The zero-order chi connectivity index (χ0) is 26.0. The van der Waals surface area contributed by atoms with Crippen LogP contribution in [0.25, 0.3) is 0 Å². The van der Waals surface area contributed by atoms with E-state index in [0.717, 1.165) is 38.5 Å². The van der Waals surface area contributed by atoms with E-state index in [0.29, 0.717) is 34.5 Å². The fourth-order valence-electron chi connectivity index (χ4n) is 5.75. The van der Waals surface area contributed by atoms with Gasteiger partial charge in [0.25, 0.3) is 0 Å². The highest BCUT2D eigenvalue weighted by atomic mass is 16.5. The Bertz CT molecular complexity index is 1110. The number of hydrogen-bond donors (Lipinski definition) is 2. The third-order valence-electron chi connectivity index (χ3n) is 7.58. The van der Waals surface area contributed by atoms with Gasteiger partial charge >= 0.3 is 11.9 Å². The second-order valence-corrected chi connectivity index (χ2v) is 9.99. The maximum Gasteiger partial charge on any atom is 0.337 e.